The fourth-order valence-corrected chi connectivity index (χ4v) is 2.97. The van der Waals surface area contributed by atoms with Gasteiger partial charge >= 0.3 is 5.97 Å². The Labute approximate surface area is 109 Å². The molecular formula is C11H15N3O3S. The fourth-order valence-electron chi connectivity index (χ4n) is 1.94. The average molecular weight is 269 g/mol. The van der Waals surface area contributed by atoms with Gasteiger partial charge in [-0.25, -0.2) is 4.98 Å². The van der Waals surface area contributed by atoms with Crippen molar-refractivity contribution in [2.75, 3.05) is 18.5 Å². The van der Waals surface area contributed by atoms with E-state index in [0.717, 1.165) is 23.4 Å². The number of amides is 1. The summed E-state index contributed by atoms with van der Waals surface area (Å²) in [7, 11) is 0. The topological polar surface area (TPSA) is 94.3 Å². The van der Waals surface area contributed by atoms with Gasteiger partial charge in [0, 0.05) is 4.88 Å². The number of nitrogens with zero attached hydrogens (tertiary/aromatic N) is 1. The molecule has 1 aromatic heterocycles. The molecule has 18 heavy (non-hydrogen) atoms. The summed E-state index contributed by atoms with van der Waals surface area (Å²) in [5, 5.41) is 3.48. The predicted molar refractivity (Wildman–Crippen MR) is 67.5 cm³/mol. The Morgan fingerprint density at radius 1 is 1.61 bits per heavy atom. The molecule has 0 saturated carbocycles. The normalized spacial score (nSPS) is 17.3. The average Bonchev–Trinajstić information content (AvgIpc) is 2.85. The Kier molecular flexibility index (Phi) is 3.81. The van der Waals surface area contributed by atoms with E-state index in [1.165, 1.54) is 11.3 Å². The third kappa shape index (κ3) is 2.61. The lowest BCUT2D eigenvalue weighted by atomic mass is 10.1. The number of esters is 1. The zero-order valence-corrected chi connectivity index (χ0v) is 10.9. The van der Waals surface area contributed by atoms with Crippen LogP contribution in [0.4, 0.5) is 5.13 Å². The number of primary amides is 1. The van der Waals surface area contributed by atoms with Crippen molar-refractivity contribution < 1.29 is 14.3 Å². The summed E-state index contributed by atoms with van der Waals surface area (Å²) in [4.78, 5) is 27.8. The van der Waals surface area contributed by atoms with Gasteiger partial charge in [-0.3, -0.25) is 9.59 Å². The first-order chi connectivity index (χ1) is 8.61. The van der Waals surface area contributed by atoms with Crippen molar-refractivity contribution in [2.45, 2.75) is 25.7 Å². The van der Waals surface area contributed by atoms with Gasteiger partial charge in [0.15, 0.2) is 5.13 Å². The van der Waals surface area contributed by atoms with Crippen molar-refractivity contribution >= 4 is 28.3 Å². The van der Waals surface area contributed by atoms with Gasteiger partial charge in [-0.05, 0) is 19.8 Å². The van der Waals surface area contributed by atoms with Crippen molar-refractivity contribution in [3.05, 3.63) is 10.6 Å². The quantitative estimate of drug-likeness (QED) is 0.765. The summed E-state index contributed by atoms with van der Waals surface area (Å²) in [6, 6.07) is 0. The number of hydrogen-bond acceptors (Lipinski definition) is 6. The molecule has 98 valence electrons. The van der Waals surface area contributed by atoms with Crippen LogP contribution >= 0.6 is 11.3 Å². The Morgan fingerprint density at radius 3 is 3.06 bits per heavy atom. The molecule has 1 heterocycles. The number of carbonyl (C=O) groups is 2. The van der Waals surface area contributed by atoms with Gasteiger partial charge < -0.3 is 15.8 Å². The molecule has 0 saturated heterocycles. The molecule has 1 aliphatic carbocycles. The zero-order valence-electron chi connectivity index (χ0n) is 10.1. The lowest BCUT2D eigenvalue weighted by Gasteiger charge is -2.07. The van der Waals surface area contributed by atoms with E-state index in [-0.39, 0.29) is 18.4 Å². The van der Waals surface area contributed by atoms with E-state index in [1.807, 2.05) is 0 Å². The van der Waals surface area contributed by atoms with Gasteiger partial charge in [0.25, 0.3) is 0 Å². The summed E-state index contributed by atoms with van der Waals surface area (Å²) in [6.45, 7) is 2.21. The SMILES string of the molecule is CCOC(=O)C1CCc2sc(NCC(N)=O)nc21. The van der Waals surface area contributed by atoms with E-state index >= 15 is 0 Å². The highest BCUT2D eigenvalue weighted by Crippen LogP contribution is 2.38. The number of fused-ring (bicyclic) bond motifs is 1. The van der Waals surface area contributed by atoms with Crippen LogP contribution in [0.2, 0.25) is 0 Å². The molecule has 1 atom stereocenters. The van der Waals surface area contributed by atoms with E-state index in [1.54, 1.807) is 6.92 Å². The summed E-state index contributed by atoms with van der Waals surface area (Å²) < 4.78 is 5.02. The minimum Gasteiger partial charge on any atom is -0.465 e. The van der Waals surface area contributed by atoms with Gasteiger partial charge in [0.2, 0.25) is 5.91 Å². The number of rotatable bonds is 5. The number of anilines is 1. The van der Waals surface area contributed by atoms with Crippen LogP contribution in [0.15, 0.2) is 0 Å². The highest BCUT2D eigenvalue weighted by molar-refractivity contribution is 7.15. The molecule has 3 N–H and O–H groups in total. The Morgan fingerprint density at radius 2 is 2.39 bits per heavy atom. The third-order valence-corrected chi connectivity index (χ3v) is 3.79. The molecule has 6 nitrogen and oxygen atoms in total. The molecule has 0 fully saturated rings. The molecule has 7 heteroatoms. The first-order valence-corrected chi connectivity index (χ1v) is 6.62. The van der Waals surface area contributed by atoms with Crippen LogP contribution in [-0.2, 0) is 20.7 Å². The van der Waals surface area contributed by atoms with Crippen LogP contribution in [-0.4, -0.2) is 30.0 Å². The van der Waals surface area contributed by atoms with Crippen molar-refractivity contribution in [1.29, 1.82) is 0 Å². The van der Waals surface area contributed by atoms with Crippen molar-refractivity contribution in [1.82, 2.24) is 4.98 Å². The number of hydrogen-bond donors (Lipinski definition) is 2. The number of nitrogens with two attached hydrogens (primary N) is 1. The number of carbonyl (C=O) groups excluding carboxylic acids is 2. The molecule has 0 aromatic carbocycles. The molecular weight excluding hydrogens is 254 g/mol. The Bertz CT molecular complexity index is 472. The smallest absolute Gasteiger partial charge is 0.315 e. The lowest BCUT2D eigenvalue weighted by Crippen LogP contribution is -2.21. The van der Waals surface area contributed by atoms with E-state index in [0.29, 0.717) is 11.7 Å². The fraction of sp³-hybridized carbons (Fsp3) is 0.545. The number of nitrogens with one attached hydrogen (secondary N) is 1. The minimum absolute atomic E-state index is 0.0521. The second kappa shape index (κ2) is 5.34. The first-order valence-electron chi connectivity index (χ1n) is 5.80. The van der Waals surface area contributed by atoms with E-state index in [2.05, 4.69) is 10.3 Å². The van der Waals surface area contributed by atoms with Crippen LogP contribution in [0.1, 0.15) is 29.8 Å². The largest absolute Gasteiger partial charge is 0.465 e. The van der Waals surface area contributed by atoms with Gasteiger partial charge in [-0.1, -0.05) is 0 Å². The number of ether oxygens (including phenoxy) is 1. The molecule has 0 spiro atoms. The zero-order chi connectivity index (χ0) is 13.1. The van der Waals surface area contributed by atoms with Crippen LogP contribution in [0.3, 0.4) is 0 Å². The minimum atomic E-state index is -0.438. The van der Waals surface area contributed by atoms with E-state index < -0.39 is 5.91 Å². The summed E-state index contributed by atoms with van der Waals surface area (Å²) in [6.07, 6.45) is 1.58. The highest BCUT2D eigenvalue weighted by Gasteiger charge is 2.33. The predicted octanol–water partition coefficient (Wildman–Crippen LogP) is 0.633. The third-order valence-electron chi connectivity index (χ3n) is 2.70. The van der Waals surface area contributed by atoms with Crippen LogP contribution in [0.25, 0.3) is 0 Å². The molecule has 1 unspecified atom stereocenters. The van der Waals surface area contributed by atoms with Crippen LogP contribution in [0.5, 0.6) is 0 Å². The lowest BCUT2D eigenvalue weighted by molar-refractivity contribution is -0.145. The summed E-state index contributed by atoms with van der Waals surface area (Å²) in [5.41, 5.74) is 5.83. The molecule has 0 bridgehead atoms. The molecule has 0 radical (unpaired) electrons. The highest BCUT2D eigenvalue weighted by atomic mass is 32.1. The van der Waals surface area contributed by atoms with Crippen LogP contribution in [0, 0.1) is 0 Å². The maximum absolute atomic E-state index is 11.7. The second-order valence-electron chi connectivity index (χ2n) is 3.99. The Balaban J connectivity index is 2.08. The van der Waals surface area contributed by atoms with Crippen molar-refractivity contribution in [2.24, 2.45) is 5.73 Å². The van der Waals surface area contributed by atoms with Gasteiger partial charge in [-0.15, -0.1) is 11.3 Å². The molecule has 0 aliphatic heterocycles. The van der Waals surface area contributed by atoms with Crippen molar-refractivity contribution in [3.63, 3.8) is 0 Å². The maximum Gasteiger partial charge on any atom is 0.315 e. The van der Waals surface area contributed by atoms with E-state index in [9.17, 15) is 9.59 Å². The molecule has 1 amide bonds. The monoisotopic (exact) mass is 269 g/mol. The van der Waals surface area contributed by atoms with Crippen molar-refractivity contribution in [3.8, 4) is 0 Å². The number of thiazole rings is 1. The number of aromatic nitrogens is 1. The summed E-state index contributed by atoms with van der Waals surface area (Å²) >= 11 is 1.47. The number of aryl methyl sites for hydroxylation is 1. The van der Waals surface area contributed by atoms with Crippen LogP contribution < -0.4 is 11.1 Å². The summed E-state index contributed by atoms with van der Waals surface area (Å²) in [5.74, 6) is -0.921. The molecule has 1 aromatic rings. The van der Waals surface area contributed by atoms with Gasteiger partial charge in [0.05, 0.1) is 18.8 Å². The van der Waals surface area contributed by atoms with Gasteiger partial charge in [-0.2, -0.15) is 0 Å². The second-order valence-corrected chi connectivity index (χ2v) is 5.07. The molecule has 1 aliphatic rings. The molecule has 2 rings (SSSR count). The first kappa shape index (κ1) is 12.8. The standard InChI is InChI=1S/C11H15N3O3S/c1-2-17-10(16)6-3-4-7-9(6)14-11(18-7)13-5-8(12)15/h6H,2-5H2,1H3,(H2,12,15)(H,13,14). The maximum atomic E-state index is 11.7. The van der Waals surface area contributed by atoms with E-state index in [4.69, 9.17) is 10.5 Å². The van der Waals surface area contributed by atoms with Gasteiger partial charge in [0.1, 0.15) is 5.92 Å². The Hall–Kier alpha value is -1.63.